The monoisotopic (exact) mass is 288 g/mol. The Kier molecular flexibility index (Phi) is 4.35. The first-order valence-electron chi connectivity index (χ1n) is 6.85. The van der Waals surface area contributed by atoms with Crippen LogP contribution >= 0.6 is 0 Å². The third kappa shape index (κ3) is 4.25. The summed E-state index contributed by atoms with van der Waals surface area (Å²) in [5.41, 5.74) is 0. The van der Waals surface area contributed by atoms with Crippen molar-refractivity contribution in [1.29, 1.82) is 0 Å². The first-order chi connectivity index (χ1) is 9.38. The van der Waals surface area contributed by atoms with E-state index in [1.165, 1.54) is 18.9 Å². The zero-order valence-electron chi connectivity index (χ0n) is 11.6. The van der Waals surface area contributed by atoms with E-state index in [1.54, 1.807) is 6.92 Å². The van der Waals surface area contributed by atoms with E-state index < -0.39 is 12.0 Å². The second-order valence-corrected chi connectivity index (χ2v) is 5.21. The van der Waals surface area contributed by atoms with Gasteiger partial charge in [-0.3, -0.25) is 0 Å². The number of anilines is 2. The number of hydrogen-bond donors (Lipinski definition) is 2. The molecule has 1 aliphatic rings. The summed E-state index contributed by atoms with van der Waals surface area (Å²) in [7, 11) is 0. The van der Waals surface area contributed by atoms with Gasteiger partial charge in [0.1, 0.15) is 11.6 Å². The van der Waals surface area contributed by atoms with E-state index in [0.717, 1.165) is 6.42 Å². The highest BCUT2D eigenvalue weighted by Crippen LogP contribution is 2.34. The van der Waals surface area contributed by atoms with Crippen LogP contribution in [-0.2, 0) is 6.18 Å². The van der Waals surface area contributed by atoms with Crippen molar-refractivity contribution in [3.05, 3.63) is 11.9 Å². The van der Waals surface area contributed by atoms with Crippen LogP contribution in [0.5, 0.6) is 0 Å². The van der Waals surface area contributed by atoms with Crippen molar-refractivity contribution in [2.45, 2.75) is 45.3 Å². The third-order valence-electron chi connectivity index (χ3n) is 3.12. The molecule has 1 atom stereocenters. The SMILES string of the molecule is CCNc1cc(NC(C)CC2CC2)nc(C(F)(F)F)n1. The summed E-state index contributed by atoms with van der Waals surface area (Å²) in [6.45, 7) is 4.27. The standard InChI is InChI=1S/C13H19F3N4/c1-3-17-10-7-11(18-8(2)6-9-4-5-9)20-12(19-10)13(14,15)16/h7-9H,3-6H2,1-2H3,(H2,17,18,19,20). The number of nitrogens with one attached hydrogen (secondary N) is 2. The summed E-state index contributed by atoms with van der Waals surface area (Å²) in [5.74, 6) is -0.000829. The predicted molar refractivity (Wildman–Crippen MR) is 71.6 cm³/mol. The molecule has 0 bridgehead atoms. The number of rotatable bonds is 6. The molecule has 7 heteroatoms. The van der Waals surface area contributed by atoms with Crippen LogP contribution in [0.3, 0.4) is 0 Å². The molecule has 0 aliphatic heterocycles. The Balaban J connectivity index is 2.14. The van der Waals surface area contributed by atoms with Crippen LogP contribution < -0.4 is 10.6 Å². The van der Waals surface area contributed by atoms with Crippen molar-refractivity contribution < 1.29 is 13.2 Å². The van der Waals surface area contributed by atoms with E-state index in [2.05, 4.69) is 20.6 Å². The average molecular weight is 288 g/mol. The molecule has 20 heavy (non-hydrogen) atoms. The highest BCUT2D eigenvalue weighted by molar-refractivity contribution is 5.48. The molecule has 1 saturated carbocycles. The van der Waals surface area contributed by atoms with E-state index in [0.29, 0.717) is 12.5 Å². The predicted octanol–water partition coefficient (Wildman–Crippen LogP) is 3.53. The molecule has 0 aromatic carbocycles. The summed E-state index contributed by atoms with van der Waals surface area (Å²) >= 11 is 0. The molecule has 1 heterocycles. The van der Waals surface area contributed by atoms with Gasteiger partial charge in [-0.25, -0.2) is 9.97 Å². The van der Waals surface area contributed by atoms with Crippen LogP contribution in [0.4, 0.5) is 24.8 Å². The minimum atomic E-state index is -4.54. The molecular weight excluding hydrogens is 269 g/mol. The van der Waals surface area contributed by atoms with Crippen molar-refractivity contribution in [3.63, 3.8) is 0 Å². The van der Waals surface area contributed by atoms with Gasteiger partial charge in [0.05, 0.1) is 0 Å². The highest BCUT2D eigenvalue weighted by Gasteiger charge is 2.35. The molecule has 0 saturated heterocycles. The minimum Gasteiger partial charge on any atom is -0.370 e. The molecule has 1 aromatic rings. The van der Waals surface area contributed by atoms with Crippen molar-refractivity contribution in [3.8, 4) is 0 Å². The van der Waals surface area contributed by atoms with Crippen LogP contribution in [0, 0.1) is 5.92 Å². The van der Waals surface area contributed by atoms with Gasteiger partial charge in [-0.1, -0.05) is 12.8 Å². The number of nitrogens with zero attached hydrogens (tertiary/aromatic N) is 2. The van der Waals surface area contributed by atoms with Crippen molar-refractivity contribution in [2.24, 2.45) is 5.92 Å². The summed E-state index contributed by atoms with van der Waals surface area (Å²) in [5, 5.41) is 5.83. The van der Waals surface area contributed by atoms with Crippen molar-refractivity contribution in [2.75, 3.05) is 17.2 Å². The maximum Gasteiger partial charge on any atom is 0.451 e. The Morgan fingerprint density at radius 3 is 2.50 bits per heavy atom. The number of aromatic nitrogens is 2. The molecule has 0 radical (unpaired) electrons. The molecule has 2 N–H and O–H groups in total. The fourth-order valence-corrected chi connectivity index (χ4v) is 2.08. The fourth-order valence-electron chi connectivity index (χ4n) is 2.08. The largest absolute Gasteiger partial charge is 0.451 e. The molecule has 112 valence electrons. The normalized spacial score (nSPS) is 16.9. The van der Waals surface area contributed by atoms with E-state index in [1.807, 2.05) is 6.92 Å². The first kappa shape index (κ1) is 14.9. The highest BCUT2D eigenvalue weighted by atomic mass is 19.4. The van der Waals surface area contributed by atoms with Gasteiger partial charge < -0.3 is 10.6 Å². The Hall–Kier alpha value is -1.53. The van der Waals surface area contributed by atoms with E-state index >= 15 is 0 Å². The molecule has 1 unspecified atom stereocenters. The lowest BCUT2D eigenvalue weighted by molar-refractivity contribution is -0.144. The summed E-state index contributed by atoms with van der Waals surface area (Å²) in [6.07, 6.45) is -1.15. The molecular formula is C13H19F3N4. The average Bonchev–Trinajstić information content (AvgIpc) is 3.11. The van der Waals surface area contributed by atoms with Gasteiger partial charge in [-0.2, -0.15) is 13.2 Å². The maximum atomic E-state index is 12.8. The zero-order chi connectivity index (χ0) is 14.8. The molecule has 1 aliphatic carbocycles. The van der Waals surface area contributed by atoms with Gasteiger partial charge in [-0.05, 0) is 26.2 Å². The minimum absolute atomic E-state index is 0.105. The second-order valence-electron chi connectivity index (χ2n) is 5.21. The lowest BCUT2D eigenvalue weighted by Gasteiger charge is -2.16. The Morgan fingerprint density at radius 2 is 1.95 bits per heavy atom. The van der Waals surface area contributed by atoms with Crippen LogP contribution in [0.15, 0.2) is 6.07 Å². The molecule has 1 aromatic heterocycles. The number of halogens is 3. The Bertz CT molecular complexity index is 457. The van der Waals surface area contributed by atoms with Crippen LogP contribution in [0.25, 0.3) is 0 Å². The van der Waals surface area contributed by atoms with E-state index in [-0.39, 0.29) is 17.7 Å². The fraction of sp³-hybridized carbons (Fsp3) is 0.692. The van der Waals surface area contributed by atoms with Crippen molar-refractivity contribution in [1.82, 2.24) is 9.97 Å². The maximum absolute atomic E-state index is 12.8. The number of hydrogen-bond acceptors (Lipinski definition) is 4. The summed E-state index contributed by atoms with van der Waals surface area (Å²) < 4.78 is 38.3. The van der Waals surface area contributed by atoms with Crippen LogP contribution in [0.2, 0.25) is 0 Å². The Morgan fingerprint density at radius 1 is 1.30 bits per heavy atom. The molecule has 0 amide bonds. The zero-order valence-corrected chi connectivity index (χ0v) is 11.6. The molecule has 0 spiro atoms. The van der Waals surface area contributed by atoms with Gasteiger partial charge >= 0.3 is 6.18 Å². The van der Waals surface area contributed by atoms with Gasteiger partial charge in [0, 0.05) is 18.7 Å². The summed E-state index contributed by atoms with van der Waals surface area (Å²) in [4.78, 5) is 7.06. The topological polar surface area (TPSA) is 49.8 Å². The van der Waals surface area contributed by atoms with Gasteiger partial charge in [0.2, 0.25) is 5.82 Å². The van der Waals surface area contributed by atoms with Crippen LogP contribution in [0.1, 0.15) is 38.9 Å². The van der Waals surface area contributed by atoms with E-state index in [4.69, 9.17) is 0 Å². The smallest absolute Gasteiger partial charge is 0.370 e. The lowest BCUT2D eigenvalue weighted by Crippen LogP contribution is -2.20. The van der Waals surface area contributed by atoms with E-state index in [9.17, 15) is 13.2 Å². The van der Waals surface area contributed by atoms with Crippen molar-refractivity contribution >= 4 is 11.6 Å². The van der Waals surface area contributed by atoms with Gasteiger partial charge in [0.15, 0.2) is 0 Å². The third-order valence-corrected chi connectivity index (χ3v) is 3.12. The summed E-state index contributed by atoms with van der Waals surface area (Å²) in [6, 6.07) is 1.62. The quantitative estimate of drug-likeness (QED) is 0.841. The van der Waals surface area contributed by atoms with Crippen LogP contribution in [-0.4, -0.2) is 22.6 Å². The molecule has 2 rings (SSSR count). The Labute approximate surface area is 116 Å². The van der Waals surface area contributed by atoms with Gasteiger partial charge in [-0.15, -0.1) is 0 Å². The van der Waals surface area contributed by atoms with Gasteiger partial charge in [0.25, 0.3) is 0 Å². The molecule has 1 fully saturated rings. The lowest BCUT2D eigenvalue weighted by atomic mass is 10.1. The molecule has 4 nitrogen and oxygen atoms in total. The first-order valence-corrected chi connectivity index (χ1v) is 6.85. The second kappa shape index (κ2) is 5.85. The number of alkyl halides is 3.